The number of benzene rings is 3. The summed E-state index contributed by atoms with van der Waals surface area (Å²) >= 11 is 0. The summed E-state index contributed by atoms with van der Waals surface area (Å²) in [5.74, 6) is 1.03. The van der Waals surface area contributed by atoms with Gasteiger partial charge in [-0.05, 0) is 73.2 Å². The number of ether oxygens (including phenoxy) is 2. The molecule has 0 saturated carbocycles. The van der Waals surface area contributed by atoms with Crippen molar-refractivity contribution in [2.45, 2.75) is 6.92 Å². The fraction of sp³-hybridized carbons (Fsp3) is 0.0714. The molecular weight excluding hydrogens is 454 g/mol. The number of rotatable bonds is 7. The summed E-state index contributed by atoms with van der Waals surface area (Å²) in [5, 5.41) is 7.74. The van der Waals surface area contributed by atoms with Gasteiger partial charge in [0.2, 0.25) is 0 Å². The first kappa shape index (κ1) is 22.8. The number of nitrogens with one attached hydrogen (secondary N) is 1. The lowest BCUT2D eigenvalue weighted by molar-refractivity contribution is 0.102. The van der Waals surface area contributed by atoms with Crippen LogP contribution in [-0.2, 0) is 0 Å². The van der Waals surface area contributed by atoms with E-state index in [1.54, 1.807) is 48.6 Å². The Morgan fingerprint density at radius 1 is 0.889 bits per heavy atom. The second-order valence-corrected chi connectivity index (χ2v) is 7.96. The lowest BCUT2D eigenvalue weighted by atomic mass is 10.1. The first-order chi connectivity index (χ1) is 17.6. The molecule has 5 rings (SSSR count). The summed E-state index contributed by atoms with van der Waals surface area (Å²) in [6.45, 7) is 1.89. The maximum absolute atomic E-state index is 13.5. The molecule has 0 spiro atoms. The minimum atomic E-state index is -0.272. The maximum atomic E-state index is 13.5. The lowest BCUT2D eigenvalue weighted by Gasteiger charge is -2.11. The second-order valence-electron chi connectivity index (χ2n) is 7.96. The molecule has 0 fully saturated rings. The molecule has 0 saturated heterocycles. The molecule has 178 valence electrons. The SMILES string of the molecule is COc1ccc(-c2nn(-c3ccccc3)cc2C(=O)Nc2ccc(Oc3ncccn3)cc2C)cc1. The summed E-state index contributed by atoms with van der Waals surface area (Å²) in [5.41, 5.74) is 4.16. The largest absolute Gasteiger partial charge is 0.497 e. The highest BCUT2D eigenvalue weighted by Gasteiger charge is 2.20. The van der Waals surface area contributed by atoms with E-state index in [1.807, 2.05) is 67.6 Å². The Bertz CT molecular complexity index is 1480. The zero-order valence-corrected chi connectivity index (χ0v) is 19.8. The number of hydrogen-bond donors (Lipinski definition) is 1. The van der Waals surface area contributed by atoms with E-state index in [4.69, 9.17) is 14.6 Å². The average Bonchev–Trinajstić information content (AvgIpc) is 3.37. The molecule has 2 heterocycles. The molecule has 3 aromatic carbocycles. The van der Waals surface area contributed by atoms with E-state index in [-0.39, 0.29) is 11.9 Å². The van der Waals surface area contributed by atoms with Crippen LogP contribution in [0.3, 0.4) is 0 Å². The minimum Gasteiger partial charge on any atom is -0.497 e. The van der Waals surface area contributed by atoms with Crippen molar-refractivity contribution in [3.05, 3.63) is 109 Å². The van der Waals surface area contributed by atoms with Crippen molar-refractivity contribution in [2.75, 3.05) is 12.4 Å². The van der Waals surface area contributed by atoms with Crippen LogP contribution in [0.4, 0.5) is 5.69 Å². The smallest absolute Gasteiger partial charge is 0.321 e. The van der Waals surface area contributed by atoms with Gasteiger partial charge in [0.25, 0.3) is 5.91 Å². The zero-order chi connectivity index (χ0) is 24.9. The maximum Gasteiger partial charge on any atom is 0.321 e. The fourth-order valence-electron chi connectivity index (χ4n) is 3.69. The van der Waals surface area contributed by atoms with Gasteiger partial charge < -0.3 is 14.8 Å². The van der Waals surface area contributed by atoms with Crippen LogP contribution in [0.1, 0.15) is 15.9 Å². The van der Waals surface area contributed by atoms with Gasteiger partial charge in [-0.15, -0.1) is 0 Å². The number of aryl methyl sites for hydroxylation is 1. The summed E-state index contributed by atoms with van der Waals surface area (Å²) in [6, 6.07) is 24.5. The fourth-order valence-corrected chi connectivity index (χ4v) is 3.69. The lowest BCUT2D eigenvalue weighted by Crippen LogP contribution is -2.13. The third-order valence-corrected chi connectivity index (χ3v) is 5.54. The van der Waals surface area contributed by atoms with E-state index >= 15 is 0 Å². The molecule has 5 aromatic rings. The molecule has 2 aromatic heterocycles. The molecule has 1 amide bonds. The first-order valence-corrected chi connectivity index (χ1v) is 11.3. The van der Waals surface area contributed by atoms with Gasteiger partial charge in [0.05, 0.1) is 18.4 Å². The number of carbonyl (C=O) groups is 1. The molecule has 1 N–H and O–H groups in total. The molecule has 36 heavy (non-hydrogen) atoms. The quantitative estimate of drug-likeness (QED) is 0.324. The van der Waals surface area contributed by atoms with Gasteiger partial charge in [-0.25, -0.2) is 14.6 Å². The van der Waals surface area contributed by atoms with Gasteiger partial charge in [0.1, 0.15) is 17.2 Å². The summed E-state index contributed by atoms with van der Waals surface area (Å²) in [4.78, 5) is 21.6. The molecule has 0 atom stereocenters. The highest BCUT2D eigenvalue weighted by molar-refractivity contribution is 6.08. The number of anilines is 1. The molecule has 8 nitrogen and oxygen atoms in total. The number of hydrogen-bond acceptors (Lipinski definition) is 6. The van der Waals surface area contributed by atoms with Crippen LogP contribution in [0.25, 0.3) is 16.9 Å². The van der Waals surface area contributed by atoms with E-state index in [0.717, 1.165) is 22.6 Å². The number of aromatic nitrogens is 4. The number of methoxy groups -OCH3 is 1. The summed E-state index contributed by atoms with van der Waals surface area (Å²) in [6.07, 6.45) is 4.96. The Morgan fingerprint density at radius 3 is 2.31 bits per heavy atom. The topological polar surface area (TPSA) is 91.2 Å². The monoisotopic (exact) mass is 477 g/mol. The average molecular weight is 478 g/mol. The highest BCUT2D eigenvalue weighted by atomic mass is 16.5. The third-order valence-electron chi connectivity index (χ3n) is 5.54. The molecule has 0 aliphatic heterocycles. The molecule has 0 bridgehead atoms. The Balaban J connectivity index is 1.44. The Hall–Kier alpha value is -4.98. The predicted molar refractivity (Wildman–Crippen MR) is 137 cm³/mol. The Morgan fingerprint density at radius 2 is 1.61 bits per heavy atom. The van der Waals surface area contributed by atoms with Crippen molar-refractivity contribution in [3.8, 4) is 34.5 Å². The van der Waals surface area contributed by atoms with E-state index < -0.39 is 0 Å². The normalized spacial score (nSPS) is 10.6. The van der Waals surface area contributed by atoms with Crippen molar-refractivity contribution in [1.82, 2.24) is 19.7 Å². The molecule has 0 radical (unpaired) electrons. The molecule has 0 aliphatic carbocycles. The van der Waals surface area contributed by atoms with Gasteiger partial charge in [0, 0.05) is 29.8 Å². The highest BCUT2D eigenvalue weighted by Crippen LogP contribution is 2.28. The second kappa shape index (κ2) is 10.1. The molecule has 0 unspecified atom stereocenters. The Kier molecular flexibility index (Phi) is 6.40. The standard InChI is InChI=1S/C28H23N5O3/c1-19-17-23(36-28-29-15-6-16-30-28)13-14-25(19)31-27(34)24-18-33(21-7-4-3-5-8-21)32-26(24)20-9-11-22(35-2)12-10-20/h3-18H,1-2H3,(H,31,34). The third kappa shape index (κ3) is 4.92. The molecular formula is C28H23N5O3. The number of carbonyl (C=O) groups excluding carboxylic acids is 1. The molecule has 0 aliphatic rings. The zero-order valence-electron chi connectivity index (χ0n) is 19.8. The van der Waals surface area contributed by atoms with Crippen molar-refractivity contribution in [1.29, 1.82) is 0 Å². The van der Waals surface area contributed by atoms with E-state index in [2.05, 4.69) is 15.3 Å². The van der Waals surface area contributed by atoms with E-state index in [1.165, 1.54) is 0 Å². The van der Waals surface area contributed by atoms with Crippen LogP contribution in [0, 0.1) is 6.92 Å². The predicted octanol–water partition coefficient (Wildman–Crippen LogP) is 5.69. The van der Waals surface area contributed by atoms with Gasteiger partial charge in [0.15, 0.2) is 0 Å². The van der Waals surface area contributed by atoms with E-state index in [9.17, 15) is 4.79 Å². The summed E-state index contributed by atoms with van der Waals surface area (Å²) < 4.78 is 12.7. The molecule has 8 heteroatoms. The van der Waals surface area contributed by atoms with Crippen molar-refractivity contribution in [3.63, 3.8) is 0 Å². The van der Waals surface area contributed by atoms with Gasteiger partial charge in [-0.3, -0.25) is 4.79 Å². The minimum absolute atomic E-state index is 0.256. The summed E-state index contributed by atoms with van der Waals surface area (Å²) in [7, 11) is 1.61. The van der Waals surface area contributed by atoms with Crippen LogP contribution >= 0.6 is 0 Å². The van der Waals surface area contributed by atoms with Crippen LogP contribution in [-0.4, -0.2) is 32.8 Å². The van der Waals surface area contributed by atoms with Crippen LogP contribution in [0.2, 0.25) is 0 Å². The number of nitrogens with zero attached hydrogens (tertiary/aromatic N) is 4. The van der Waals surface area contributed by atoms with Gasteiger partial charge in [-0.1, -0.05) is 18.2 Å². The Labute approximate surface area is 208 Å². The first-order valence-electron chi connectivity index (χ1n) is 11.3. The van der Waals surface area contributed by atoms with Gasteiger partial charge in [-0.2, -0.15) is 5.10 Å². The van der Waals surface area contributed by atoms with Crippen LogP contribution in [0.15, 0.2) is 97.5 Å². The van der Waals surface area contributed by atoms with Crippen molar-refractivity contribution in [2.24, 2.45) is 0 Å². The number of amides is 1. The van der Waals surface area contributed by atoms with E-state index in [0.29, 0.717) is 22.7 Å². The number of para-hydroxylation sites is 1. The van der Waals surface area contributed by atoms with Gasteiger partial charge >= 0.3 is 6.01 Å². The van der Waals surface area contributed by atoms with Crippen LogP contribution in [0.5, 0.6) is 17.5 Å². The van der Waals surface area contributed by atoms with Crippen LogP contribution < -0.4 is 14.8 Å². The van der Waals surface area contributed by atoms with Crippen molar-refractivity contribution >= 4 is 11.6 Å². The van der Waals surface area contributed by atoms with Crippen molar-refractivity contribution < 1.29 is 14.3 Å².